The zero-order chi connectivity index (χ0) is 21.8. The Morgan fingerprint density at radius 2 is 1.74 bits per heavy atom. The summed E-state index contributed by atoms with van der Waals surface area (Å²) in [6.45, 7) is 4.73. The average Bonchev–Trinajstić information content (AvgIpc) is 2.82. The van der Waals surface area contributed by atoms with Crippen LogP contribution in [0.2, 0.25) is 0 Å². The minimum Gasteiger partial charge on any atom is -0.486 e. The van der Waals surface area contributed by atoms with Crippen LogP contribution in [-0.4, -0.2) is 69.6 Å². The lowest BCUT2D eigenvalue weighted by Crippen LogP contribution is -2.41. The van der Waals surface area contributed by atoms with E-state index in [9.17, 15) is 13.2 Å². The number of nitrogens with zero attached hydrogens (tertiary/aromatic N) is 2. The van der Waals surface area contributed by atoms with Crippen LogP contribution in [0.1, 0.15) is 22.8 Å². The summed E-state index contributed by atoms with van der Waals surface area (Å²) in [6, 6.07) is 12.0. The molecule has 2 aromatic rings. The van der Waals surface area contributed by atoms with Crippen LogP contribution in [0.25, 0.3) is 0 Å². The molecule has 2 heterocycles. The van der Waals surface area contributed by atoms with Gasteiger partial charge in [0.2, 0.25) is 10.0 Å². The Kier molecular flexibility index (Phi) is 6.45. The lowest BCUT2D eigenvalue weighted by Gasteiger charge is -2.28. The summed E-state index contributed by atoms with van der Waals surface area (Å²) in [5.41, 5.74) is 0.985. The Balaban J connectivity index is 1.63. The summed E-state index contributed by atoms with van der Waals surface area (Å²) in [4.78, 5) is 15.1. The molecule has 0 unspecified atom stereocenters. The van der Waals surface area contributed by atoms with Gasteiger partial charge in [-0.25, -0.2) is 8.42 Å². The highest BCUT2D eigenvalue weighted by Gasteiger charge is 2.31. The summed E-state index contributed by atoms with van der Waals surface area (Å²) < 4.78 is 44.5. The summed E-state index contributed by atoms with van der Waals surface area (Å²) in [5, 5.41) is 0. The molecule has 2 aromatic carbocycles. The number of ether oxygens (including phenoxy) is 3. The van der Waals surface area contributed by atoms with E-state index in [2.05, 4.69) is 0 Å². The van der Waals surface area contributed by atoms with Crippen LogP contribution in [-0.2, 0) is 21.3 Å². The van der Waals surface area contributed by atoms with E-state index in [1.165, 1.54) is 10.4 Å². The molecule has 4 rings (SSSR count). The summed E-state index contributed by atoms with van der Waals surface area (Å²) in [6.07, 6.45) is 0. The second-order valence-electron chi connectivity index (χ2n) is 7.27. The molecule has 8 nitrogen and oxygen atoms in total. The highest BCUT2D eigenvalue weighted by Crippen LogP contribution is 2.34. The smallest absolute Gasteiger partial charge is 0.255 e. The number of amides is 1. The predicted octanol–water partition coefficient (Wildman–Crippen LogP) is 2.14. The third-order valence-electron chi connectivity index (χ3n) is 5.38. The van der Waals surface area contributed by atoms with E-state index in [-0.39, 0.29) is 36.0 Å². The molecular formula is C22H26N2O6S. The Hall–Kier alpha value is -2.62. The van der Waals surface area contributed by atoms with Crippen LogP contribution in [0, 0.1) is 0 Å². The molecule has 1 amide bonds. The maximum Gasteiger partial charge on any atom is 0.255 e. The quantitative estimate of drug-likeness (QED) is 0.676. The van der Waals surface area contributed by atoms with E-state index >= 15 is 0 Å². The molecule has 0 atom stereocenters. The van der Waals surface area contributed by atoms with Crippen LogP contribution in [0.15, 0.2) is 47.4 Å². The van der Waals surface area contributed by atoms with Gasteiger partial charge in [-0.15, -0.1) is 0 Å². The van der Waals surface area contributed by atoms with Crippen molar-refractivity contribution in [1.29, 1.82) is 0 Å². The monoisotopic (exact) mass is 446 g/mol. The maximum atomic E-state index is 13.4. The molecule has 1 saturated heterocycles. The fourth-order valence-corrected chi connectivity index (χ4v) is 5.35. The molecule has 0 bridgehead atoms. The molecule has 2 aliphatic heterocycles. The number of fused-ring (bicyclic) bond motifs is 1. The highest BCUT2D eigenvalue weighted by atomic mass is 32.2. The van der Waals surface area contributed by atoms with Gasteiger partial charge in [0.05, 0.1) is 23.7 Å². The van der Waals surface area contributed by atoms with Crippen molar-refractivity contribution in [3.05, 3.63) is 53.6 Å². The molecule has 31 heavy (non-hydrogen) atoms. The molecule has 0 saturated carbocycles. The molecule has 9 heteroatoms. The van der Waals surface area contributed by atoms with E-state index in [1.807, 2.05) is 25.1 Å². The number of hydrogen-bond acceptors (Lipinski definition) is 6. The minimum absolute atomic E-state index is 0.0232. The Bertz CT molecular complexity index is 1050. The highest BCUT2D eigenvalue weighted by molar-refractivity contribution is 7.89. The van der Waals surface area contributed by atoms with E-state index < -0.39 is 10.0 Å². The van der Waals surface area contributed by atoms with Gasteiger partial charge in [-0.2, -0.15) is 4.31 Å². The number of carbonyl (C=O) groups excluding carboxylic acids is 1. The predicted molar refractivity (Wildman–Crippen MR) is 114 cm³/mol. The van der Waals surface area contributed by atoms with Gasteiger partial charge >= 0.3 is 0 Å². The van der Waals surface area contributed by atoms with Gasteiger partial charge in [0.15, 0.2) is 11.5 Å². The first-order chi connectivity index (χ1) is 15.0. The average molecular weight is 447 g/mol. The summed E-state index contributed by atoms with van der Waals surface area (Å²) in [5.74, 6) is 0.945. The van der Waals surface area contributed by atoms with E-state index in [0.717, 1.165) is 5.56 Å². The van der Waals surface area contributed by atoms with Crippen molar-refractivity contribution >= 4 is 15.9 Å². The van der Waals surface area contributed by atoms with Gasteiger partial charge in [0.1, 0.15) is 13.2 Å². The molecular weight excluding hydrogens is 420 g/mol. The van der Waals surface area contributed by atoms with Crippen LogP contribution >= 0.6 is 0 Å². The number of benzene rings is 2. The van der Waals surface area contributed by atoms with E-state index in [1.54, 1.807) is 23.1 Å². The second-order valence-corrected chi connectivity index (χ2v) is 9.18. The van der Waals surface area contributed by atoms with E-state index in [0.29, 0.717) is 44.5 Å². The Labute approximate surface area is 182 Å². The topological polar surface area (TPSA) is 85.4 Å². The SMILES string of the molecule is CCN(Cc1cccc2c1OCCO2)C(=O)c1ccccc1S(=O)(=O)N1CCOCC1. The van der Waals surface area contributed by atoms with Gasteiger partial charge < -0.3 is 19.1 Å². The molecule has 0 aliphatic carbocycles. The lowest BCUT2D eigenvalue weighted by atomic mass is 10.1. The fraction of sp³-hybridized carbons (Fsp3) is 0.409. The molecule has 1 fully saturated rings. The zero-order valence-electron chi connectivity index (χ0n) is 17.5. The van der Waals surface area contributed by atoms with Gasteiger partial charge in [0.25, 0.3) is 5.91 Å². The fourth-order valence-electron chi connectivity index (χ4n) is 3.76. The molecule has 0 aromatic heterocycles. The number of hydrogen-bond donors (Lipinski definition) is 0. The number of para-hydroxylation sites is 1. The van der Waals surface area contributed by atoms with Crippen molar-refractivity contribution in [2.45, 2.75) is 18.4 Å². The maximum absolute atomic E-state index is 13.4. The van der Waals surface area contributed by atoms with Crippen molar-refractivity contribution < 1.29 is 27.4 Å². The molecule has 0 radical (unpaired) electrons. The standard InChI is InChI=1S/C22H26N2O6S/c1-2-23(16-17-6-5-8-19-21(17)30-15-14-29-19)22(25)18-7-3-4-9-20(18)31(26,27)24-10-12-28-13-11-24/h3-9H,2,10-16H2,1H3. The van der Waals surface area contributed by atoms with Crippen molar-refractivity contribution in [2.24, 2.45) is 0 Å². The first-order valence-electron chi connectivity index (χ1n) is 10.4. The number of rotatable bonds is 6. The van der Waals surface area contributed by atoms with Gasteiger partial charge in [0, 0.05) is 31.7 Å². The van der Waals surface area contributed by atoms with Crippen LogP contribution in [0.5, 0.6) is 11.5 Å². The first-order valence-corrected chi connectivity index (χ1v) is 11.8. The molecule has 0 N–H and O–H groups in total. The number of carbonyl (C=O) groups is 1. The molecule has 166 valence electrons. The van der Waals surface area contributed by atoms with Gasteiger partial charge in [-0.1, -0.05) is 24.3 Å². The summed E-state index contributed by atoms with van der Waals surface area (Å²) >= 11 is 0. The van der Waals surface area contributed by atoms with Gasteiger partial charge in [-0.05, 0) is 25.1 Å². The second kappa shape index (κ2) is 9.25. The van der Waals surface area contributed by atoms with Crippen LogP contribution in [0.4, 0.5) is 0 Å². The van der Waals surface area contributed by atoms with Crippen LogP contribution in [0.3, 0.4) is 0 Å². The van der Waals surface area contributed by atoms with Crippen molar-refractivity contribution in [3.8, 4) is 11.5 Å². The van der Waals surface area contributed by atoms with Crippen LogP contribution < -0.4 is 9.47 Å². The largest absolute Gasteiger partial charge is 0.486 e. The summed E-state index contributed by atoms with van der Waals surface area (Å²) in [7, 11) is -3.81. The molecule has 2 aliphatic rings. The molecule has 0 spiro atoms. The Morgan fingerprint density at radius 3 is 2.52 bits per heavy atom. The number of sulfonamides is 1. The zero-order valence-corrected chi connectivity index (χ0v) is 18.3. The van der Waals surface area contributed by atoms with Crippen molar-refractivity contribution in [1.82, 2.24) is 9.21 Å². The normalized spacial score (nSPS) is 16.7. The van der Waals surface area contributed by atoms with Crippen molar-refractivity contribution in [3.63, 3.8) is 0 Å². The Morgan fingerprint density at radius 1 is 1.00 bits per heavy atom. The number of morpholine rings is 1. The third kappa shape index (κ3) is 4.39. The lowest BCUT2D eigenvalue weighted by molar-refractivity contribution is 0.0723. The van der Waals surface area contributed by atoms with Crippen molar-refractivity contribution in [2.75, 3.05) is 46.1 Å². The minimum atomic E-state index is -3.81. The third-order valence-corrected chi connectivity index (χ3v) is 7.34. The first kappa shape index (κ1) is 21.6. The van der Waals surface area contributed by atoms with E-state index in [4.69, 9.17) is 14.2 Å². The van der Waals surface area contributed by atoms with Gasteiger partial charge in [-0.3, -0.25) is 4.79 Å².